The summed E-state index contributed by atoms with van der Waals surface area (Å²) in [7, 11) is 0. The number of nitrogens with zero attached hydrogens (tertiary/aromatic N) is 2. The van der Waals surface area contributed by atoms with Crippen LogP contribution in [0.1, 0.15) is 32.4 Å². The minimum absolute atomic E-state index is 0.195. The molecule has 0 radical (unpaired) electrons. The SMILES string of the molecule is CCn1cc(C(NN)C(C)C)cn1. The smallest absolute Gasteiger partial charge is 0.0538 e. The molecule has 1 rings (SSSR count). The molecule has 0 fully saturated rings. The third-order valence-electron chi connectivity index (χ3n) is 2.18. The highest BCUT2D eigenvalue weighted by Crippen LogP contribution is 2.19. The van der Waals surface area contributed by atoms with Crippen molar-refractivity contribution in [3.05, 3.63) is 18.0 Å². The largest absolute Gasteiger partial charge is 0.273 e. The van der Waals surface area contributed by atoms with Crippen LogP contribution in [0.2, 0.25) is 0 Å². The molecule has 3 N–H and O–H groups in total. The molecule has 1 aromatic rings. The highest BCUT2D eigenvalue weighted by molar-refractivity contribution is 5.10. The zero-order valence-corrected chi connectivity index (χ0v) is 8.49. The normalized spacial score (nSPS) is 13.6. The summed E-state index contributed by atoms with van der Waals surface area (Å²) in [6.45, 7) is 7.23. The van der Waals surface area contributed by atoms with Crippen LogP contribution in [0.25, 0.3) is 0 Å². The maximum Gasteiger partial charge on any atom is 0.0538 e. The summed E-state index contributed by atoms with van der Waals surface area (Å²) in [5, 5.41) is 4.21. The first kappa shape index (κ1) is 10.2. The molecule has 0 aliphatic rings. The summed E-state index contributed by atoms with van der Waals surface area (Å²) in [6.07, 6.45) is 3.90. The van der Waals surface area contributed by atoms with Crippen molar-refractivity contribution < 1.29 is 0 Å². The second kappa shape index (κ2) is 4.39. The lowest BCUT2D eigenvalue weighted by atomic mass is 10.00. The van der Waals surface area contributed by atoms with Gasteiger partial charge in [-0.25, -0.2) is 0 Å². The number of aromatic nitrogens is 2. The molecule has 1 atom stereocenters. The van der Waals surface area contributed by atoms with Crippen LogP contribution in [-0.4, -0.2) is 9.78 Å². The first-order valence-corrected chi connectivity index (χ1v) is 4.67. The molecule has 74 valence electrons. The Kier molecular flexibility index (Phi) is 3.45. The van der Waals surface area contributed by atoms with E-state index in [1.165, 1.54) is 0 Å². The van der Waals surface area contributed by atoms with Gasteiger partial charge in [0.1, 0.15) is 0 Å². The third kappa shape index (κ3) is 2.29. The van der Waals surface area contributed by atoms with Crippen LogP contribution in [0.5, 0.6) is 0 Å². The average Bonchev–Trinajstić information content (AvgIpc) is 2.53. The lowest BCUT2D eigenvalue weighted by molar-refractivity contribution is 0.420. The van der Waals surface area contributed by atoms with Crippen LogP contribution in [0.15, 0.2) is 12.4 Å². The van der Waals surface area contributed by atoms with E-state index < -0.39 is 0 Å². The quantitative estimate of drug-likeness (QED) is 0.541. The van der Waals surface area contributed by atoms with Gasteiger partial charge in [0.05, 0.1) is 12.2 Å². The molecule has 1 aromatic heterocycles. The number of aryl methyl sites for hydroxylation is 1. The first-order valence-electron chi connectivity index (χ1n) is 4.67. The summed E-state index contributed by atoms with van der Waals surface area (Å²) in [6, 6.07) is 0.195. The second-order valence-electron chi connectivity index (χ2n) is 3.52. The van der Waals surface area contributed by atoms with Gasteiger partial charge in [-0.3, -0.25) is 16.0 Å². The lowest BCUT2D eigenvalue weighted by Crippen LogP contribution is -2.31. The molecule has 0 spiro atoms. The Balaban J connectivity index is 2.79. The van der Waals surface area contributed by atoms with E-state index in [0.29, 0.717) is 5.92 Å². The molecule has 1 heterocycles. The van der Waals surface area contributed by atoms with Crippen molar-refractivity contribution in [3.63, 3.8) is 0 Å². The van der Waals surface area contributed by atoms with Crippen molar-refractivity contribution in [2.75, 3.05) is 0 Å². The van der Waals surface area contributed by atoms with E-state index in [-0.39, 0.29) is 6.04 Å². The van der Waals surface area contributed by atoms with Gasteiger partial charge in [-0.1, -0.05) is 13.8 Å². The van der Waals surface area contributed by atoms with Crippen LogP contribution >= 0.6 is 0 Å². The molecule has 0 amide bonds. The Hall–Kier alpha value is -0.870. The van der Waals surface area contributed by atoms with Crippen molar-refractivity contribution in [1.82, 2.24) is 15.2 Å². The molecule has 0 aromatic carbocycles. The molecule has 0 aliphatic carbocycles. The van der Waals surface area contributed by atoms with E-state index >= 15 is 0 Å². The summed E-state index contributed by atoms with van der Waals surface area (Å²) >= 11 is 0. The lowest BCUT2D eigenvalue weighted by Gasteiger charge is -2.17. The van der Waals surface area contributed by atoms with Gasteiger partial charge in [0.15, 0.2) is 0 Å². The number of hydrazine groups is 1. The number of nitrogens with two attached hydrogens (primary N) is 1. The maximum absolute atomic E-state index is 5.47. The van der Waals surface area contributed by atoms with E-state index in [1.807, 2.05) is 17.1 Å². The predicted octanol–water partition coefficient (Wildman–Crippen LogP) is 1.06. The average molecular weight is 182 g/mol. The molecule has 0 saturated heterocycles. The molecular weight excluding hydrogens is 164 g/mol. The molecule has 13 heavy (non-hydrogen) atoms. The van der Waals surface area contributed by atoms with Crippen molar-refractivity contribution in [2.45, 2.75) is 33.4 Å². The summed E-state index contributed by atoms with van der Waals surface area (Å²) in [4.78, 5) is 0. The Labute approximate surface area is 79.1 Å². The van der Waals surface area contributed by atoms with E-state index in [4.69, 9.17) is 5.84 Å². The second-order valence-corrected chi connectivity index (χ2v) is 3.52. The fraction of sp³-hybridized carbons (Fsp3) is 0.667. The molecule has 1 unspecified atom stereocenters. The van der Waals surface area contributed by atoms with Gasteiger partial charge in [0.2, 0.25) is 0 Å². The number of rotatable bonds is 4. The van der Waals surface area contributed by atoms with Gasteiger partial charge >= 0.3 is 0 Å². The van der Waals surface area contributed by atoms with Crippen molar-refractivity contribution in [2.24, 2.45) is 11.8 Å². The predicted molar refractivity (Wildman–Crippen MR) is 52.8 cm³/mol. The van der Waals surface area contributed by atoms with Gasteiger partial charge in [-0.05, 0) is 12.8 Å². The van der Waals surface area contributed by atoms with Gasteiger partial charge in [0.25, 0.3) is 0 Å². The Morgan fingerprint density at radius 1 is 1.62 bits per heavy atom. The van der Waals surface area contributed by atoms with Gasteiger partial charge in [-0.2, -0.15) is 5.10 Å². The summed E-state index contributed by atoms with van der Waals surface area (Å²) in [5.74, 6) is 5.94. The Morgan fingerprint density at radius 3 is 2.69 bits per heavy atom. The maximum atomic E-state index is 5.47. The van der Waals surface area contributed by atoms with E-state index in [1.54, 1.807) is 0 Å². The van der Waals surface area contributed by atoms with Crippen molar-refractivity contribution in [3.8, 4) is 0 Å². The summed E-state index contributed by atoms with van der Waals surface area (Å²) < 4.78 is 1.90. The van der Waals surface area contributed by atoms with E-state index in [0.717, 1.165) is 12.1 Å². The molecular formula is C9H18N4. The topological polar surface area (TPSA) is 55.9 Å². The van der Waals surface area contributed by atoms with Crippen LogP contribution in [-0.2, 0) is 6.54 Å². The fourth-order valence-electron chi connectivity index (χ4n) is 1.39. The zero-order valence-electron chi connectivity index (χ0n) is 8.49. The number of hydrogen-bond acceptors (Lipinski definition) is 3. The zero-order chi connectivity index (χ0) is 9.84. The molecule has 0 saturated carbocycles. The molecule has 0 aliphatic heterocycles. The van der Waals surface area contributed by atoms with Crippen LogP contribution in [0, 0.1) is 5.92 Å². The van der Waals surface area contributed by atoms with E-state index in [2.05, 4.69) is 31.3 Å². The molecule has 4 nitrogen and oxygen atoms in total. The number of hydrogen-bond donors (Lipinski definition) is 2. The van der Waals surface area contributed by atoms with E-state index in [9.17, 15) is 0 Å². The highest BCUT2D eigenvalue weighted by Gasteiger charge is 2.15. The monoisotopic (exact) mass is 182 g/mol. The minimum Gasteiger partial charge on any atom is -0.273 e. The Morgan fingerprint density at radius 2 is 2.31 bits per heavy atom. The number of nitrogens with one attached hydrogen (secondary N) is 1. The fourth-order valence-corrected chi connectivity index (χ4v) is 1.39. The van der Waals surface area contributed by atoms with Gasteiger partial charge < -0.3 is 0 Å². The highest BCUT2D eigenvalue weighted by atomic mass is 15.3. The summed E-state index contributed by atoms with van der Waals surface area (Å²) in [5.41, 5.74) is 3.95. The van der Waals surface area contributed by atoms with Crippen LogP contribution in [0.4, 0.5) is 0 Å². The van der Waals surface area contributed by atoms with Gasteiger partial charge in [-0.15, -0.1) is 0 Å². The van der Waals surface area contributed by atoms with Crippen molar-refractivity contribution in [1.29, 1.82) is 0 Å². The minimum atomic E-state index is 0.195. The van der Waals surface area contributed by atoms with Crippen LogP contribution < -0.4 is 11.3 Å². The first-order chi connectivity index (χ1) is 6.19. The molecule has 0 bridgehead atoms. The molecule has 4 heteroatoms. The van der Waals surface area contributed by atoms with Crippen LogP contribution in [0.3, 0.4) is 0 Å². The van der Waals surface area contributed by atoms with Crippen molar-refractivity contribution >= 4 is 0 Å². The third-order valence-corrected chi connectivity index (χ3v) is 2.18. The standard InChI is InChI=1S/C9H18N4/c1-4-13-6-8(5-11-13)9(12-10)7(2)3/h5-7,9,12H,4,10H2,1-3H3. The Bertz CT molecular complexity index is 254. The van der Waals surface area contributed by atoms with Gasteiger partial charge in [0, 0.05) is 18.3 Å².